The SMILES string of the molecule is Cc1cc(C(=O)Nc2cc(-c3ccc(=O)[nH]n3)ccc2C)nc(C)n1. The molecular weight excluding hydrogens is 318 g/mol. The number of anilines is 1. The van der Waals surface area contributed by atoms with Gasteiger partial charge in [0.1, 0.15) is 11.5 Å². The van der Waals surface area contributed by atoms with Gasteiger partial charge >= 0.3 is 0 Å². The smallest absolute Gasteiger partial charge is 0.274 e. The first-order valence-corrected chi connectivity index (χ1v) is 7.73. The lowest BCUT2D eigenvalue weighted by Gasteiger charge is -2.11. The third-order valence-corrected chi connectivity index (χ3v) is 3.66. The van der Waals surface area contributed by atoms with Crippen LogP contribution in [0.5, 0.6) is 0 Å². The van der Waals surface area contributed by atoms with E-state index in [2.05, 4.69) is 25.5 Å². The normalized spacial score (nSPS) is 10.5. The van der Waals surface area contributed by atoms with Crippen LogP contribution in [0, 0.1) is 20.8 Å². The summed E-state index contributed by atoms with van der Waals surface area (Å²) in [5.41, 5.74) is 3.75. The minimum Gasteiger partial charge on any atom is -0.320 e. The number of aromatic amines is 1. The van der Waals surface area contributed by atoms with Crippen molar-refractivity contribution in [2.24, 2.45) is 0 Å². The van der Waals surface area contributed by atoms with Crippen LogP contribution >= 0.6 is 0 Å². The van der Waals surface area contributed by atoms with E-state index in [4.69, 9.17) is 0 Å². The second-order valence-electron chi connectivity index (χ2n) is 5.73. The highest BCUT2D eigenvalue weighted by molar-refractivity contribution is 6.03. The van der Waals surface area contributed by atoms with E-state index < -0.39 is 0 Å². The quantitative estimate of drug-likeness (QED) is 0.765. The van der Waals surface area contributed by atoms with E-state index in [-0.39, 0.29) is 11.5 Å². The molecule has 3 rings (SSSR count). The maximum Gasteiger partial charge on any atom is 0.274 e. The summed E-state index contributed by atoms with van der Waals surface area (Å²) >= 11 is 0. The number of carbonyl (C=O) groups is 1. The number of carbonyl (C=O) groups excluding carboxylic acids is 1. The molecule has 7 nitrogen and oxygen atoms in total. The van der Waals surface area contributed by atoms with Gasteiger partial charge in [0.15, 0.2) is 0 Å². The Morgan fingerprint density at radius 3 is 2.52 bits per heavy atom. The van der Waals surface area contributed by atoms with Gasteiger partial charge in [-0.25, -0.2) is 15.1 Å². The number of aryl methyl sites for hydroxylation is 3. The molecule has 7 heteroatoms. The van der Waals surface area contributed by atoms with Gasteiger partial charge in [0.2, 0.25) is 0 Å². The van der Waals surface area contributed by atoms with Crippen molar-refractivity contribution in [2.45, 2.75) is 20.8 Å². The van der Waals surface area contributed by atoms with Crippen LogP contribution in [0.15, 0.2) is 41.2 Å². The molecule has 0 fully saturated rings. The van der Waals surface area contributed by atoms with Gasteiger partial charge in [0.05, 0.1) is 5.69 Å². The van der Waals surface area contributed by atoms with Gasteiger partial charge in [-0.3, -0.25) is 9.59 Å². The summed E-state index contributed by atoms with van der Waals surface area (Å²) in [6.07, 6.45) is 0. The lowest BCUT2D eigenvalue weighted by molar-refractivity contribution is 0.102. The zero-order valence-corrected chi connectivity index (χ0v) is 14.1. The second-order valence-corrected chi connectivity index (χ2v) is 5.73. The Labute approximate surface area is 144 Å². The third kappa shape index (κ3) is 3.77. The summed E-state index contributed by atoms with van der Waals surface area (Å²) in [6.45, 7) is 5.47. The number of rotatable bonds is 3. The van der Waals surface area contributed by atoms with E-state index in [1.54, 1.807) is 19.1 Å². The van der Waals surface area contributed by atoms with E-state index in [0.717, 1.165) is 16.8 Å². The first-order valence-electron chi connectivity index (χ1n) is 7.73. The zero-order chi connectivity index (χ0) is 18.0. The summed E-state index contributed by atoms with van der Waals surface area (Å²) in [6, 6.07) is 10.3. The number of amides is 1. The fraction of sp³-hybridized carbons (Fsp3) is 0.167. The Kier molecular flexibility index (Phi) is 4.38. The molecule has 25 heavy (non-hydrogen) atoms. The standard InChI is InChI=1S/C18H17N5O2/c1-10-4-5-13(14-6-7-17(24)23-22-14)9-15(10)21-18(25)16-8-11(2)19-12(3)20-16/h4-9H,1-3H3,(H,21,25)(H,23,24). The number of nitrogens with zero attached hydrogens (tertiary/aromatic N) is 3. The summed E-state index contributed by atoms with van der Waals surface area (Å²) in [7, 11) is 0. The van der Waals surface area contributed by atoms with Crippen molar-refractivity contribution in [3.63, 3.8) is 0 Å². The Morgan fingerprint density at radius 2 is 1.84 bits per heavy atom. The van der Waals surface area contributed by atoms with Crippen LogP contribution in [0.2, 0.25) is 0 Å². The second kappa shape index (κ2) is 6.64. The first kappa shape index (κ1) is 16.5. The molecule has 2 N–H and O–H groups in total. The molecule has 0 radical (unpaired) electrons. The average Bonchev–Trinajstić information content (AvgIpc) is 2.56. The van der Waals surface area contributed by atoms with Gasteiger partial charge in [-0.2, -0.15) is 5.10 Å². The average molecular weight is 335 g/mol. The highest BCUT2D eigenvalue weighted by Crippen LogP contribution is 2.23. The molecule has 2 aromatic heterocycles. The molecule has 0 bridgehead atoms. The molecule has 0 aliphatic rings. The lowest BCUT2D eigenvalue weighted by Crippen LogP contribution is -2.16. The van der Waals surface area contributed by atoms with Crippen molar-refractivity contribution in [1.82, 2.24) is 20.2 Å². The van der Waals surface area contributed by atoms with E-state index in [1.165, 1.54) is 6.07 Å². The van der Waals surface area contributed by atoms with Crippen LogP contribution in [0.4, 0.5) is 5.69 Å². The molecule has 2 heterocycles. The molecule has 1 amide bonds. The number of benzene rings is 1. The van der Waals surface area contributed by atoms with Crippen LogP contribution in [-0.4, -0.2) is 26.1 Å². The predicted molar refractivity (Wildman–Crippen MR) is 94.5 cm³/mol. The van der Waals surface area contributed by atoms with Gasteiger partial charge in [-0.1, -0.05) is 12.1 Å². The van der Waals surface area contributed by atoms with E-state index in [0.29, 0.717) is 22.9 Å². The number of hydrogen-bond acceptors (Lipinski definition) is 5. The Hall–Kier alpha value is -3.35. The van der Waals surface area contributed by atoms with Gasteiger partial charge in [-0.05, 0) is 44.5 Å². The fourth-order valence-electron chi connectivity index (χ4n) is 2.44. The minimum absolute atomic E-state index is 0.265. The molecule has 0 saturated heterocycles. The first-order chi connectivity index (χ1) is 11.9. The van der Waals surface area contributed by atoms with Gasteiger partial charge in [-0.15, -0.1) is 0 Å². The summed E-state index contributed by atoms with van der Waals surface area (Å²) in [5, 5.41) is 9.28. The molecular formula is C18H17N5O2. The Balaban J connectivity index is 1.91. The molecule has 0 aliphatic heterocycles. The predicted octanol–water partition coefficient (Wildman–Crippen LogP) is 2.40. The highest BCUT2D eigenvalue weighted by atomic mass is 16.2. The fourth-order valence-corrected chi connectivity index (χ4v) is 2.44. The monoisotopic (exact) mass is 335 g/mol. The summed E-state index contributed by atoms with van der Waals surface area (Å²) < 4.78 is 0. The van der Waals surface area contributed by atoms with E-state index in [9.17, 15) is 9.59 Å². The van der Waals surface area contributed by atoms with Crippen molar-refractivity contribution in [1.29, 1.82) is 0 Å². The molecule has 0 aliphatic carbocycles. The molecule has 1 aromatic carbocycles. The molecule has 0 atom stereocenters. The minimum atomic E-state index is -0.303. The van der Waals surface area contributed by atoms with Crippen LogP contribution < -0.4 is 10.9 Å². The number of hydrogen-bond donors (Lipinski definition) is 2. The molecule has 0 spiro atoms. The van der Waals surface area contributed by atoms with Crippen molar-refractivity contribution in [3.8, 4) is 11.3 Å². The van der Waals surface area contributed by atoms with Crippen LogP contribution in [0.25, 0.3) is 11.3 Å². The molecule has 3 aromatic rings. The number of aromatic nitrogens is 4. The van der Waals surface area contributed by atoms with Crippen molar-refractivity contribution >= 4 is 11.6 Å². The maximum atomic E-state index is 12.5. The van der Waals surface area contributed by atoms with E-state index >= 15 is 0 Å². The zero-order valence-electron chi connectivity index (χ0n) is 14.1. The Bertz CT molecular complexity index is 970. The van der Waals surface area contributed by atoms with Gasteiger partial charge in [0, 0.05) is 23.0 Å². The molecule has 0 saturated carbocycles. The van der Waals surface area contributed by atoms with Crippen molar-refractivity contribution < 1.29 is 4.79 Å². The summed E-state index contributed by atoms with van der Waals surface area (Å²) in [4.78, 5) is 32.0. The van der Waals surface area contributed by atoms with Gasteiger partial charge in [0.25, 0.3) is 11.5 Å². The lowest BCUT2D eigenvalue weighted by atomic mass is 10.1. The van der Waals surface area contributed by atoms with Gasteiger partial charge < -0.3 is 5.32 Å². The highest BCUT2D eigenvalue weighted by Gasteiger charge is 2.12. The Morgan fingerprint density at radius 1 is 1.04 bits per heavy atom. The molecule has 126 valence electrons. The molecule has 0 unspecified atom stereocenters. The largest absolute Gasteiger partial charge is 0.320 e. The van der Waals surface area contributed by atoms with Crippen molar-refractivity contribution in [3.05, 3.63) is 69.5 Å². The maximum absolute atomic E-state index is 12.5. The van der Waals surface area contributed by atoms with Crippen LogP contribution in [0.1, 0.15) is 27.6 Å². The third-order valence-electron chi connectivity index (χ3n) is 3.66. The number of nitrogens with one attached hydrogen (secondary N) is 2. The van der Waals surface area contributed by atoms with Crippen LogP contribution in [0.3, 0.4) is 0 Å². The van der Waals surface area contributed by atoms with Crippen LogP contribution in [-0.2, 0) is 0 Å². The summed E-state index contributed by atoms with van der Waals surface area (Å²) in [5.74, 6) is 0.247. The van der Waals surface area contributed by atoms with E-state index in [1.807, 2.05) is 32.0 Å². The topological polar surface area (TPSA) is 101 Å². The number of H-pyrrole nitrogens is 1. The van der Waals surface area contributed by atoms with Crippen molar-refractivity contribution in [2.75, 3.05) is 5.32 Å².